The van der Waals surface area contributed by atoms with Gasteiger partial charge in [0.2, 0.25) is 0 Å². The molecule has 3 aromatic rings. The Balaban J connectivity index is 1.45. The first-order valence-corrected chi connectivity index (χ1v) is 11.3. The van der Waals surface area contributed by atoms with Crippen molar-refractivity contribution in [3.63, 3.8) is 0 Å². The third-order valence-electron chi connectivity index (χ3n) is 7.54. The molecule has 6 nitrogen and oxygen atoms in total. The minimum Gasteiger partial charge on any atom is -0.362 e. The maximum absolute atomic E-state index is 4.79. The summed E-state index contributed by atoms with van der Waals surface area (Å²) in [6.45, 7) is 11.9. The fourth-order valence-electron chi connectivity index (χ4n) is 5.27. The summed E-state index contributed by atoms with van der Waals surface area (Å²) in [6.07, 6.45) is 4.55. The molecule has 1 spiro atoms. The van der Waals surface area contributed by atoms with E-state index in [4.69, 9.17) is 4.98 Å². The minimum absolute atomic E-state index is 0.135. The maximum atomic E-state index is 4.79. The van der Waals surface area contributed by atoms with Gasteiger partial charge in [-0.1, -0.05) is 18.2 Å². The number of fused-ring (bicyclic) bond motifs is 1. The molecule has 0 saturated carbocycles. The lowest BCUT2D eigenvalue weighted by Gasteiger charge is -2.52. The van der Waals surface area contributed by atoms with Crippen LogP contribution in [-0.2, 0) is 0 Å². The lowest BCUT2D eigenvalue weighted by atomic mass is 9.87. The number of anilines is 2. The Morgan fingerprint density at radius 2 is 1.90 bits per heavy atom. The Morgan fingerprint density at radius 3 is 2.65 bits per heavy atom. The summed E-state index contributed by atoms with van der Waals surface area (Å²) in [5, 5.41) is 14.7. The van der Waals surface area contributed by atoms with Gasteiger partial charge >= 0.3 is 0 Å². The second-order valence-electron chi connectivity index (χ2n) is 9.48. The zero-order valence-corrected chi connectivity index (χ0v) is 19.2. The van der Waals surface area contributed by atoms with E-state index in [1.807, 2.05) is 13.1 Å². The van der Waals surface area contributed by atoms with Gasteiger partial charge in [0.25, 0.3) is 0 Å². The average Bonchev–Trinajstić information content (AvgIpc) is 3.12. The molecule has 5 rings (SSSR count). The highest BCUT2D eigenvalue weighted by Crippen LogP contribution is 2.39. The number of benzene rings is 1. The first-order valence-electron chi connectivity index (χ1n) is 11.3. The third kappa shape index (κ3) is 3.33. The molecule has 1 atom stereocenters. The van der Waals surface area contributed by atoms with Crippen LogP contribution in [0.5, 0.6) is 0 Å². The molecule has 4 heterocycles. The van der Waals surface area contributed by atoms with E-state index in [0.717, 1.165) is 41.2 Å². The van der Waals surface area contributed by atoms with E-state index >= 15 is 0 Å². The van der Waals surface area contributed by atoms with Crippen LogP contribution in [0.25, 0.3) is 10.8 Å². The number of likely N-dealkylation sites (N-methyl/N-ethyl adjacent to an activating group) is 1. The predicted octanol–water partition coefficient (Wildman–Crippen LogP) is 4.41. The number of nitrogens with zero attached hydrogens (tertiary/aromatic N) is 5. The molecule has 2 aromatic heterocycles. The van der Waals surface area contributed by atoms with Crippen molar-refractivity contribution in [1.82, 2.24) is 20.1 Å². The highest BCUT2D eigenvalue weighted by Gasteiger charge is 2.48. The molecule has 1 aromatic carbocycles. The van der Waals surface area contributed by atoms with Gasteiger partial charge in [0.15, 0.2) is 5.82 Å². The van der Waals surface area contributed by atoms with E-state index in [0.29, 0.717) is 5.54 Å². The molecule has 2 aliphatic rings. The Morgan fingerprint density at radius 1 is 1.10 bits per heavy atom. The SMILES string of the molecule is Cc1cccc([C@@H](C)Nc2nnc(C)c3cnc(N4CC5(CCCN5C)C4)cc23)c1C. The summed E-state index contributed by atoms with van der Waals surface area (Å²) in [4.78, 5) is 9.71. The number of nitrogens with one attached hydrogen (secondary N) is 1. The van der Waals surface area contributed by atoms with Crippen LogP contribution in [0.3, 0.4) is 0 Å². The van der Waals surface area contributed by atoms with Gasteiger partial charge in [-0.15, -0.1) is 5.10 Å². The van der Waals surface area contributed by atoms with Gasteiger partial charge in [-0.25, -0.2) is 4.98 Å². The van der Waals surface area contributed by atoms with Crippen molar-refractivity contribution in [2.45, 2.75) is 52.1 Å². The molecule has 0 bridgehead atoms. The zero-order valence-electron chi connectivity index (χ0n) is 19.2. The van der Waals surface area contributed by atoms with Crippen molar-refractivity contribution in [3.05, 3.63) is 52.8 Å². The minimum atomic E-state index is 0.135. The normalized spacial score (nSPS) is 19.1. The molecule has 1 N–H and O–H groups in total. The summed E-state index contributed by atoms with van der Waals surface area (Å²) < 4.78 is 0. The Bertz CT molecular complexity index is 1130. The number of aryl methyl sites for hydroxylation is 2. The molecule has 2 saturated heterocycles. The predicted molar refractivity (Wildman–Crippen MR) is 127 cm³/mol. The van der Waals surface area contributed by atoms with Crippen molar-refractivity contribution in [2.24, 2.45) is 0 Å². The number of aromatic nitrogens is 3. The van der Waals surface area contributed by atoms with Crippen LogP contribution in [0.15, 0.2) is 30.5 Å². The van der Waals surface area contributed by atoms with Gasteiger partial charge in [-0.05, 0) is 76.9 Å². The van der Waals surface area contributed by atoms with Crippen molar-refractivity contribution in [2.75, 3.05) is 36.9 Å². The molecule has 0 unspecified atom stereocenters. The Kier molecular flexibility index (Phi) is 4.85. The standard InChI is InChI=1S/C25H32N6/c1-16-8-6-9-20(17(16)2)18(3)27-24-21-12-23(26-13-22(21)19(4)28-29-24)31-14-25(15-31)10-7-11-30(25)5/h6,8-9,12-13,18H,7,10-11,14-15H2,1-5H3,(H,27,29)/t18-/m1/s1. The van der Waals surface area contributed by atoms with Gasteiger partial charge < -0.3 is 10.2 Å². The quantitative estimate of drug-likeness (QED) is 0.680. The molecule has 0 radical (unpaired) electrons. The Hall–Kier alpha value is -2.73. The topological polar surface area (TPSA) is 57.2 Å². The fourth-order valence-corrected chi connectivity index (χ4v) is 5.27. The molecule has 2 aliphatic heterocycles. The average molecular weight is 417 g/mol. The second kappa shape index (κ2) is 7.45. The maximum Gasteiger partial charge on any atom is 0.157 e. The van der Waals surface area contributed by atoms with E-state index in [2.05, 4.69) is 77.4 Å². The van der Waals surface area contributed by atoms with Gasteiger partial charge in [-0.3, -0.25) is 4.90 Å². The van der Waals surface area contributed by atoms with E-state index in [1.165, 1.54) is 36.1 Å². The first-order chi connectivity index (χ1) is 14.9. The highest BCUT2D eigenvalue weighted by molar-refractivity contribution is 5.94. The fraction of sp³-hybridized carbons (Fsp3) is 0.480. The number of hydrogen-bond acceptors (Lipinski definition) is 6. The number of likely N-dealkylation sites (tertiary alicyclic amines) is 1. The van der Waals surface area contributed by atoms with Crippen LogP contribution >= 0.6 is 0 Å². The molecule has 162 valence electrons. The van der Waals surface area contributed by atoms with Crippen molar-refractivity contribution in [3.8, 4) is 0 Å². The summed E-state index contributed by atoms with van der Waals surface area (Å²) in [6, 6.07) is 8.80. The third-order valence-corrected chi connectivity index (χ3v) is 7.54. The van der Waals surface area contributed by atoms with E-state index < -0.39 is 0 Å². The monoisotopic (exact) mass is 416 g/mol. The van der Waals surface area contributed by atoms with Gasteiger partial charge in [0.05, 0.1) is 17.3 Å². The van der Waals surface area contributed by atoms with Gasteiger partial charge in [-0.2, -0.15) is 5.10 Å². The smallest absolute Gasteiger partial charge is 0.157 e. The van der Waals surface area contributed by atoms with Crippen LogP contribution in [0.2, 0.25) is 0 Å². The van der Waals surface area contributed by atoms with Gasteiger partial charge in [0, 0.05) is 30.1 Å². The molecule has 31 heavy (non-hydrogen) atoms. The molecular formula is C25H32N6. The number of hydrogen-bond donors (Lipinski definition) is 1. The van der Waals surface area contributed by atoms with Crippen LogP contribution in [-0.4, -0.2) is 52.3 Å². The molecular weight excluding hydrogens is 384 g/mol. The van der Waals surface area contributed by atoms with Crippen LogP contribution in [0.4, 0.5) is 11.6 Å². The molecule has 0 aliphatic carbocycles. The number of pyridine rings is 1. The highest BCUT2D eigenvalue weighted by atomic mass is 15.4. The van der Waals surface area contributed by atoms with E-state index in [-0.39, 0.29) is 6.04 Å². The van der Waals surface area contributed by atoms with Crippen LogP contribution in [0, 0.1) is 20.8 Å². The summed E-state index contributed by atoms with van der Waals surface area (Å²) in [7, 11) is 2.26. The van der Waals surface area contributed by atoms with Crippen LogP contribution < -0.4 is 10.2 Å². The molecule has 0 amide bonds. The first kappa shape index (κ1) is 20.2. The summed E-state index contributed by atoms with van der Waals surface area (Å²) in [5.74, 6) is 1.86. The lowest BCUT2D eigenvalue weighted by molar-refractivity contribution is 0.132. The summed E-state index contributed by atoms with van der Waals surface area (Å²) >= 11 is 0. The van der Waals surface area contributed by atoms with Crippen molar-refractivity contribution >= 4 is 22.4 Å². The van der Waals surface area contributed by atoms with Crippen LogP contribution in [0.1, 0.15) is 48.2 Å². The molecule has 6 heteroatoms. The summed E-state index contributed by atoms with van der Waals surface area (Å²) in [5.41, 5.74) is 5.18. The largest absolute Gasteiger partial charge is 0.362 e. The number of rotatable bonds is 4. The lowest BCUT2D eigenvalue weighted by Crippen LogP contribution is -2.67. The van der Waals surface area contributed by atoms with E-state index in [1.54, 1.807) is 0 Å². The molecule has 2 fully saturated rings. The van der Waals surface area contributed by atoms with E-state index in [9.17, 15) is 0 Å². The Labute approximate surface area is 184 Å². The van der Waals surface area contributed by atoms with Crippen molar-refractivity contribution < 1.29 is 0 Å². The van der Waals surface area contributed by atoms with Crippen molar-refractivity contribution in [1.29, 1.82) is 0 Å². The second-order valence-corrected chi connectivity index (χ2v) is 9.48. The zero-order chi connectivity index (χ0) is 21.8. The van der Waals surface area contributed by atoms with Gasteiger partial charge in [0.1, 0.15) is 5.82 Å².